The van der Waals surface area contributed by atoms with Gasteiger partial charge in [0.05, 0.1) is 4.91 Å². The number of nitrogens with one attached hydrogen (secondary N) is 1. The minimum absolute atomic E-state index is 0.216. The maximum Gasteiger partial charge on any atom is 0.263 e. The second kappa shape index (κ2) is 6.25. The molecule has 1 N–H and O–H groups in total. The summed E-state index contributed by atoms with van der Waals surface area (Å²) in [5, 5.41) is 3.88. The molecule has 0 spiro atoms. The SMILES string of the molecule is Cc1cc(-c2cncc3cc(/C=C4/SC(=S)NC4=O)oc23)cnc1Cl. The van der Waals surface area contributed by atoms with Gasteiger partial charge in [0.2, 0.25) is 0 Å². The minimum atomic E-state index is -0.216. The predicted molar refractivity (Wildman–Crippen MR) is 103 cm³/mol. The van der Waals surface area contributed by atoms with Gasteiger partial charge in [0.15, 0.2) is 0 Å². The zero-order chi connectivity index (χ0) is 17.6. The molecule has 0 saturated carbocycles. The molecule has 124 valence electrons. The van der Waals surface area contributed by atoms with Gasteiger partial charge >= 0.3 is 0 Å². The number of carbonyl (C=O) groups excluding carboxylic acids is 1. The summed E-state index contributed by atoms with van der Waals surface area (Å²) in [5.74, 6) is 0.344. The number of fused-ring (bicyclic) bond motifs is 1. The topological polar surface area (TPSA) is 68.0 Å². The Morgan fingerprint density at radius 2 is 2.16 bits per heavy atom. The van der Waals surface area contributed by atoms with Crippen LogP contribution in [-0.4, -0.2) is 20.2 Å². The zero-order valence-electron chi connectivity index (χ0n) is 12.9. The third-order valence-corrected chi connectivity index (χ3v) is 5.24. The van der Waals surface area contributed by atoms with Gasteiger partial charge in [0, 0.05) is 41.2 Å². The Hall–Kier alpha value is -2.22. The third-order valence-electron chi connectivity index (χ3n) is 3.68. The Morgan fingerprint density at radius 1 is 1.32 bits per heavy atom. The molecule has 1 saturated heterocycles. The molecule has 1 fully saturated rings. The molecule has 1 aliphatic heterocycles. The number of carbonyl (C=O) groups is 1. The van der Waals surface area contributed by atoms with Crippen molar-refractivity contribution < 1.29 is 9.21 Å². The van der Waals surface area contributed by atoms with E-state index in [4.69, 9.17) is 28.2 Å². The van der Waals surface area contributed by atoms with Gasteiger partial charge < -0.3 is 9.73 Å². The van der Waals surface area contributed by atoms with E-state index < -0.39 is 0 Å². The number of thiocarbonyl (C=S) groups is 1. The molecule has 0 aromatic carbocycles. The molecule has 0 aliphatic carbocycles. The van der Waals surface area contributed by atoms with Crippen LogP contribution >= 0.6 is 35.6 Å². The van der Waals surface area contributed by atoms with Crippen molar-refractivity contribution >= 4 is 62.9 Å². The Kier molecular flexibility index (Phi) is 4.07. The van der Waals surface area contributed by atoms with E-state index in [-0.39, 0.29) is 5.91 Å². The number of halogens is 1. The lowest BCUT2D eigenvalue weighted by Gasteiger charge is -2.04. The number of hydrogen-bond acceptors (Lipinski definition) is 6. The third kappa shape index (κ3) is 3.06. The smallest absolute Gasteiger partial charge is 0.263 e. The molecule has 0 bridgehead atoms. The van der Waals surface area contributed by atoms with Crippen LogP contribution in [0.15, 0.2) is 40.0 Å². The van der Waals surface area contributed by atoms with E-state index >= 15 is 0 Å². The molecular weight excluding hydrogens is 378 g/mol. The van der Waals surface area contributed by atoms with Crippen molar-refractivity contribution in [3.63, 3.8) is 0 Å². The molecule has 3 aromatic heterocycles. The number of thioether (sulfide) groups is 1. The fraction of sp³-hybridized carbons (Fsp3) is 0.0588. The second-order valence-electron chi connectivity index (χ2n) is 5.44. The number of amides is 1. The lowest BCUT2D eigenvalue weighted by atomic mass is 10.1. The van der Waals surface area contributed by atoms with Crippen LogP contribution in [0.4, 0.5) is 0 Å². The molecule has 0 unspecified atom stereocenters. The predicted octanol–water partition coefficient (Wildman–Crippen LogP) is 4.34. The summed E-state index contributed by atoms with van der Waals surface area (Å²) >= 11 is 12.2. The van der Waals surface area contributed by atoms with Crippen LogP contribution in [0, 0.1) is 6.92 Å². The van der Waals surface area contributed by atoms with Gasteiger partial charge in [0.1, 0.15) is 20.8 Å². The summed E-state index contributed by atoms with van der Waals surface area (Å²) in [6.07, 6.45) is 6.80. The first-order valence-electron chi connectivity index (χ1n) is 7.26. The molecule has 4 heterocycles. The van der Waals surface area contributed by atoms with Crippen LogP contribution in [0.5, 0.6) is 0 Å². The van der Waals surface area contributed by atoms with Gasteiger partial charge in [-0.05, 0) is 24.6 Å². The van der Waals surface area contributed by atoms with Gasteiger partial charge in [-0.3, -0.25) is 9.78 Å². The van der Waals surface area contributed by atoms with Crippen LogP contribution in [0.3, 0.4) is 0 Å². The first-order valence-corrected chi connectivity index (χ1v) is 8.86. The van der Waals surface area contributed by atoms with Crippen LogP contribution < -0.4 is 5.32 Å². The number of aromatic nitrogens is 2. The van der Waals surface area contributed by atoms with Gasteiger partial charge in [-0.1, -0.05) is 35.6 Å². The molecule has 1 amide bonds. The molecular formula is C17H10ClN3O2S2. The van der Waals surface area contributed by atoms with Crippen molar-refractivity contribution in [3.05, 3.63) is 52.1 Å². The van der Waals surface area contributed by atoms with E-state index in [2.05, 4.69) is 15.3 Å². The summed E-state index contributed by atoms with van der Waals surface area (Å²) in [4.78, 5) is 20.8. The van der Waals surface area contributed by atoms with E-state index in [0.717, 1.165) is 22.1 Å². The van der Waals surface area contributed by atoms with Gasteiger partial charge in [0.25, 0.3) is 5.91 Å². The molecule has 5 nitrogen and oxygen atoms in total. The highest BCUT2D eigenvalue weighted by molar-refractivity contribution is 8.26. The molecule has 8 heteroatoms. The molecule has 0 atom stereocenters. The summed E-state index contributed by atoms with van der Waals surface area (Å²) in [5.41, 5.74) is 3.23. The Labute approximate surface area is 157 Å². The molecule has 4 rings (SSSR count). The highest BCUT2D eigenvalue weighted by atomic mass is 35.5. The number of hydrogen-bond donors (Lipinski definition) is 1. The molecule has 1 aliphatic rings. The van der Waals surface area contributed by atoms with Crippen LogP contribution in [0.2, 0.25) is 5.15 Å². The Bertz CT molecular complexity index is 1070. The lowest BCUT2D eigenvalue weighted by Crippen LogP contribution is -2.17. The van der Waals surface area contributed by atoms with Crippen LogP contribution in [0.25, 0.3) is 28.2 Å². The Morgan fingerprint density at radius 3 is 2.88 bits per heavy atom. The highest BCUT2D eigenvalue weighted by Crippen LogP contribution is 2.33. The monoisotopic (exact) mass is 387 g/mol. The van der Waals surface area contributed by atoms with Crippen molar-refractivity contribution in [1.82, 2.24) is 15.3 Å². The van der Waals surface area contributed by atoms with Gasteiger partial charge in [-0.2, -0.15) is 0 Å². The fourth-order valence-electron chi connectivity index (χ4n) is 2.51. The first kappa shape index (κ1) is 16.3. The van der Waals surface area contributed by atoms with E-state index in [0.29, 0.717) is 25.7 Å². The quantitative estimate of drug-likeness (QED) is 0.401. The lowest BCUT2D eigenvalue weighted by molar-refractivity contribution is -0.115. The van der Waals surface area contributed by atoms with Gasteiger partial charge in [-0.15, -0.1) is 0 Å². The van der Waals surface area contributed by atoms with E-state index in [9.17, 15) is 4.79 Å². The maximum absolute atomic E-state index is 11.8. The van der Waals surface area contributed by atoms with Crippen molar-refractivity contribution in [2.45, 2.75) is 6.92 Å². The summed E-state index contributed by atoms with van der Waals surface area (Å²) in [7, 11) is 0. The van der Waals surface area contributed by atoms with E-state index in [1.165, 1.54) is 11.8 Å². The zero-order valence-corrected chi connectivity index (χ0v) is 15.3. The number of aryl methyl sites for hydroxylation is 1. The number of furan rings is 1. The van der Waals surface area contributed by atoms with Gasteiger partial charge in [-0.25, -0.2) is 4.98 Å². The first-order chi connectivity index (χ1) is 12.0. The molecule has 25 heavy (non-hydrogen) atoms. The van der Waals surface area contributed by atoms with E-state index in [1.54, 1.807) is 24.7 Å². The molecule has 0 radical (unpaired) electrons. The average molecular weight is 388 g/mol. The van der Waals surface area contributed by atoms with Crippen molar-refractivity contribution in [2.75, 3.05) is 0 Å². The van der Waals surface area contributed by atoms with Crippen LogP contribution in [0.1, 0.15) is 11.3 Å². The standard InChI is InChI=1S/C17H10ClN3O2S2/c1-8-2-9(6-20-15(8)18)12-7-19-5-10-3-11(23-14(10)12)4-13-16(22)21-17(24)25-13/h2-7H,1H3,(H,21,22,24)/b13-4+. The summed E-state index contributed by atoms with van der Waals surface area (Å²) < 4.78 is 6.40. The second-order valence-corrected chi connectivity index (χ2v) is 7.51. The van der Waals surface area contributed by atoms with Crippen molar-refractivity contribution in [1.29, 1.82) is 0 Å². The average Bonchev–Trinajstić information content (AvgIpc) is 3.12. The Balaban J connectivity index is 1.81. The van der Waals surface area contributed by atoms with E-state index in [1.807, 2.05) is 19.1 Å². The number of pyridine rings is 2. The van der Waals surface area contributed by atoms with Crippen LogP contribution in [-0.2, 0) is 4.79 Å². The maximum atomic E-state index is 11.8. The summed E-state index contributed by atoms with van der Waals surface area (Å²) in [6.45, 7) is 1.89. The largest absolute Gasteiger partial charge is 0.456 e. The van der Waals surface area contributed by atoms with Crippen molar-refractivity contribution in [2.24, 2.45) is 0 Å². The minimum Gasteiger partial charge on any atom is -0.456 e. The normalized spacial score (nSPS) is 16.0. The summed E-state index contributed by atoms with van der Waals surface area (Å²) in [6, 6.07) is 3.77. The number of nitrogens with zero attached hydrogens (tertiary/aromatic N) is 2. The van der Waals surface area contributed by atoms with Crippen molar-refractivity contribution in [3.8, 4) is 11.1 Å². The molecule has 3 aromatic rings. The highest BCUT2D eigenvalue weighted by Gasteiger charge is 2.23. The number of rotatable bonds is 2. The fourth-order valence-corrected chi connectivity index (χ4v) is 3.64.